The molecule has 6 aliphatic rings. The first-order valence-corrected chi connectivity index (χ1v) is 13.4. The lowest BCUT2D eigenvalue weighted by atomic mass is 9.50. The van der Waals surface area contributed by atoms with E-state index < -0.39 is 0 Å². The van der Waals surface area contributed by atoms with E-state index in [0.29, 0.717) is 18.0 Å². The first-order valence-electron chi connectivity index (χ1n) is 13.4. The quantitative estimate of drug-likeness (QED) is 0.732. The van der Waals surface area contributed by atoms with Gasteiger partial charge in [-0.3, -0.25) is 14.6 Å². The fourth-order valence-electron chi connectivity index (χ4n) is 8.47. The number of hydrogen-bond acceptors (Lipinski definition) is 5. The van der Waals surface area contributed by atoms with Gasteiger partial charge in [0.15, 0.2) is 11.5 Å². The van der Waals surface area contributed by atoms with Crippen molar-refractivity contribution in [3.05, 3.63) is 17.2 Å². The molecule has 0 unspecified atom stereocenters. The number of phenols is 1. The van der Waals surface area contributed by atoms with Crippen LogP contribution in [0.15, 0.2) is 6.07 Å². The molecule has 2 saturated carbocycles. The lowest BCUT2D eigenvalue weighted by Gasteiger charge is -2.61. The largest absolute Gasteiger partial charge is 0.504 e. The van der Waals surface area contributed by atoms with Crippen molar-refractivity contribution in [3.8, 4) is 11.5 Å². The molecule has 1 amide bonds. The SMILES string of the molecule is CC(=O)Nc1cc(O)c2c3c1C[C@@H]1[C@@H]4CC[C@@H](N5CCCCC5)[C@H](O2)[C@]34CCN1CC1CC1. The van der Waals surface area contributed by atoms with E-state index in [1.165, 1.54) is 75.7 Å². The molecule has 3 aliphatic heterocycles. The number of carbonyl (C=O) groups is 1. The molecule has 6 heteroatoms. The van der Waals surface area contributed by atoms with E-state index >= 15 is 0 Å². The highest BCUT2D eigenvalue weighted by Crippen LogP contribution is 2.65. The number of amides is 1. The molecule has 0 aromatic heterocycles. The molecule has 3 aliphatic carbocycles. The van der Waals surface area contributed by atoms with Crippen LogP contribution in [0.5, 0.6) is 11.5 Å². The van der Waals surface area contributed by atoms with E-state index in [1.54, 1.807) is 13.0 Å². The highest BCUT2D eigenvalue weighted by Gasteiger charge is 2.66. The molecular weight excluding hydrogens is 414 g/mol. The molecule has 7 rings (SSSR count). The second-order valence-corrected chi connectivity index (χ2v) is 11.7. The second-order valence-electron chi connectivity index (χ2n) is 11.7. The zero-order valence-corrected chi connectivity index (χ0v) is 19.8. The van der Waals surface area contributed by atoms with Crippen molar-refractivity contribution >= 4 is 11.6 Å². The van der Waals surface area contributed by atoms with Crippen LogP contribution in [0, 0.1) is 11.8 Å². The molecule has 2 saturated heterocycles. The lowest BCUT2D eigenvalue weighted by molar-refractivity contribution is -0.114. The Morgan fingerprint density at radius 3 is 2.73 bits per heavy atom. The standard InChI is InChI=1S/C27H37N3O3/c1-16(31)28-20-14-23(32)25-24-18(20)13-22-19-7-8-21(29-10-3-2-4-11-29)26(33-25)27(19,24)9-12-30(22)15-17-5-6-17/h14,17,19,21-22,26,32H,2-13,15H2,1H3,(H,28,31)/t19-,21+,22+,26-,27-/m0/s1. The van der Waals surface area contributed by atoms with Gasteiger partial charge in [0.2, 0.25) is 5.91 Å². The summed E-state index contributed by atoms with van der Waals surface area (Å²) >= 11 is 0. The Balaban J connectivity index is 1.36. The topological polar surface area (TPSA) is 65.0 Å². The van der Waals surface area contributed by atoms with Crippen molar-refractivity contribution in [2.45, 2.75) is 88.3 Å². The molecule has 2 N–H and O–H groups in total. The van der Waals surface area contributed by atoms with Crippen LogP contribution >= 0.6 is 0 Å². The molecule has 178 valence electrons. The number of carbonyl (C=O) groups excluding carboxylic acids is 1. The van der Waals surface area contributed by atoms with Gasteiger partial charge in [-0.2, -0.15) is 0 Å². The summed E-state index contributed by atoms with van der Waals surface area (Å²) in [5, 5.41) is 14.1. The monoisotopic (exact) mass is 451 g/mol. The van der Waals surface area contributed by atoms with Crippen molar-refractivity contribution in [2.24, 2.45) is 11.8 Å². The van der Waals surface area contributed by atoms with Gasteiger partial charge >= 0.3 is 0 Å². The van der Waals surface area contributed by atoms with Crippen molar-refractivity contribution in [1.29, 1.82) is 0 Å². The number of benzene rings is 1. The average Bonchev–Trinajstić information content (AvgIpc) is 3.55. The lowest BCUT2D eigenvalue weighted by Crippen LogP contribution is -2.69. The fourth-order valence-corrected chi connectivity index (χ4v) is 8.47. The molecule has 1 aromatic carbocycles. The Morgan fingerprint density at radius 2 is 1.97 bits per heavy atom. The summed E-state index contributed by atoms with van der Waals surface area (Å²) in [6.45, 7) is 6.28. The van der Waals surface area contributed by atoms with Crippen LogP contribution < -0.4 is 10.1 Å². The molecule has 0 radical (unpaired) electrons. The van der Waals surface area contributed by atoms with E-state index in [0.717, 1.165) is 36.7 Å². The summed E-state index contributed by atoms with van der Waals surface area (Å²) in [4.78, 5) is 17.6. The minimum Gasteiger partial charge on any atom is -0.504 e. The molecule has 33 heavy (non-hydrogen) atoms. The van der Waals surface area contributed by atoms with Gasteiger partial charge in [-0.15, -0.1) is 0 Å². The van der Waals surface area contributed by atoms with Crippen molar-refractivity contribution in [3.63, 3.8) is 0 Å². The van der Waals surface area contributed by atoms with Gasteiger partial charge in [0.25, 0.3) is 0 Å². The summed E-state index contributed by atoms with van der Waals surface area (Å²) in [7, 11) is 0. The van der Waals surface area contributed by atoms with Gasteiger partial charge < -0.3 is 15.2 Å². The second kappa shape index (κ2) is 7.35. The molecule has 1 aromatic rings. The third-order valence-corrected chi connectivity index (χ3v) is 9.89. The van der Waals surface area contributed by atoms with Gasteiger partial charge in [-0.25, -0.2) is 0 Å². The third-order valence-electron chi connectivity index (χ3n) is 9.89. The van der Waals surface area contributed by atoms with Gasteiger partial charge in [0, 0.05) is 48.3 Å². The highest BCUT2D eigenvalue weighted by atomic mass is 16.5. The maximum Gasteiger partial charge on any atom is 0.221 e. The minimum atomic E-state index is -0.0736. The number of anilines is 1. The first kappa shape index (κ1) is 20.6. The molecule has 3 heterocycles. The number of likely N-dealkylation sites (tertiary alicyclic amines) is 2. The predicted molar refractivity (Wildman–Crippen MR) is 127 cm³/mol. The van der Waals surface area contributed by atoms with Gasteiger partial charge in [0.1, 0.15) is 6.10 Å². The molecule has 2 bridgehead atoms. The zero-order valence-electron chi connectivity index (χ0n) is 19.8. The van der Waals surface area contributed by atoms with Crippen LogP contribution in [0.25, 0.3) is 0 Å². The molecule has 6 nitrogen and oxygen atoms in total. The Kier molecular flexibility index (Phi) is 4.58. The maximum absolute atomic E-state index is 12.1. The highest BCUT2D eigenvalue weighted by molar-refractivity contribution is 5.91. The minimum absolute atomic E-state index is 0.0278. The Morgan fingerprint density at radius 1 is 1.15 bits per heavy atom. The van der Waals surface area contributed by atoms with Crippen LogP contribution in [0.2, 0.25) is 0 Å². The average molecular weight is 452 g/mol. The van der Waals surface area contributed by atoms with E-state index in [4.69, 9.17) is 4.74 Å². The third kappa shape index (κ3) is 2.95. The summed E-state index contributed by atoms with van der Waals surface area (Å²) < 4.78 is 6.84. The van der Waals surface area contributed by atoms with Crippen LogP contribution in [0.4, 0.5) is 5.69 Å². The number of piperidine rings is 2. The normalized spacial score (nSPS) is 37.4. The van der Waals surface area contributed by atoms with E-state index in [-0.39, 0.29) is 23.2 Å². The number of rotatable bonds is 4. The van der Waals surface area contributed by atoms with E-state index in [1.807, 2.05) is 0 Å². The maximum atomic E-state index is 12.1. The number of nitrogens with one attached hydrogen (secondary N) is 1. The van der Waals surface area contributed by atoms with Gasteiger partial charge in [-0.1, -0.05) is 6.42 Å². The Hall–Kier alpha value is -1.79. The molecule has 5 atom stereocenters. The fraction of sp³-hybridized carbons (Fsp3) is 0.741. The summed E-state index contributed by atoms with van der Waals surface area (Å²) in [6.07, 6.45) is 11.3. The number of aromatic hydroxyl groups is 1. The smallest absolute Gasteiger partial charge is 0.221 e. The molecular formula is C27H37N3O3. The van der Waals surface area contributed by atoms with Crippen LogP contribution in [-0.2, 0) is 16.6 Å². The summed E-state index contributed by atoms with van der Waals surface area (Å²) in [5.74, 6) is 2.32. The summed E-state index contributed by atoms with van der Waals surface area (Å²) in [6, 6.07) is 2.70. The van der Waals surface area contributed by atoms with Crippen molar-refractivity contribution in [2.75, 3.05) is 31.5 Å². The van der Waals surface area contributed by atoms with Gasteiger partial charge in [0.05, 0.1) is 0 Å². The van der Waals surface area contributed by atoms with Crippen molar-refractivity contribution in [1.82, 2.24) is 9.80 Å². The first-order chi connectivity index (χ1) is 16.1. The van der Waals surface area contributed by atoms with Crippen LogP contribution in [-0.4, -0.2) is 65.2 Å². The Labute approximate surface area is 196 Å². The van der Waals surface area contributed by atoms with E-state index in [2.05, 4.69) is 15.1 Å². The van der Waals surface area contributed by atoms with Crippen LogP contribution in [0.3, 0.4) is 0 Å². The van der Waals surface area contributed by atoms with Crippen molar-refractivity contribution < 1.29 is 14.6 Å². The van der Waals surface area contributed by atoms with Crippen LogP contribution in [0.1, 0.15) is 69.4 Å². The number of nitrogens with zero attached hydrogens (tertiary/aromatic N) is 2. The van der Waals surface area contributed by atoms with Gasteiger partial charge in [-0.05, 0) is 88.4 Å². The van der Waals surface area contributed by atoms with E-state index in [9.17, 15) is 9.90 Å². The molecule has 4 fully saturated rings. The number of hydrogen-bond donors (Lipinski definition) is 2. The molecule has 1 spiro atoms. The summed E-state index contributed by atoms with van der Waals surface area (Å²) in [5.41, 5.74) is 3.27. The zero-order chi connectivity index (χ0) is 22.3. The number of phenolic OH excluding ortho intramolecular Hbond substituents is 1. The predicted octanol–water partition coefficient (Wildman–Crippen LogP) is 3.65. The Bertz CT molecular complexity index is 985. The number of ether oxygens (including phenoxy) is 1.